The van der Waals surface area contributed by atoms with Crippen LogP contribution in [0.2, 0.25) is 0 Å². The van der Waals surface area contributed by atoms with Crippen LogP contribution in [0.4, 0.5) is 0 Å². The minimum Gasteiger partial charge on any atom is -0.508 e. The molecule has 1 amide bonds. The summed E-state index contributed by atoms with van der Waals surface area (Å²) in [6.07, 6.45) is 2.84. The van der Waals surface area contributed by atoms with E-state index in [0.29, 0.717) is 11.5 Å². The molecule has 1 aromatic rings. The fraction of sp³-hybridized carbons (Fsp3) is 0.500. The monoisotopic (exact) mass is 249 g/mol. The van der Waals surface area contributed by atoms with Crippen molar-refractivity contribution in [3.8, 4) is 5.75 Å². The predicted molar refractivity (Wildman–Crippen MR) is 68.4 cm³/mol. The number of piperidine rings is 1. The molecule has 18 heavy (non-hydrogen) atoms. The molecule has 1 aliphatic rings. The Kier molecular flexibility index (Phi) is 4.20. The number of phenolic OH excluding ortho intramolecular Hbond substituents is 1. The van der Waals surface area contributed by atoms with Crippen LogP contribution in [-0.2, 0) is 0 Å². The smallest absolute Gasteiger partial charge is 0.253 e. The Balaban J connectivity index is 2.02. The molecular weight excluding hydrogens is 230 g/mol. The predicted octanol–water partition coefficient (Wildman–Crippen LogP) is 1.63. The van der Waals surface area contributed by atoms with Crippen molar-refractivity contribution in [2.45, 2.75) is 19.3 Å². The fourth-order valence-electron chi connectivity index (χ4n) is 2.45. The van der Waals surface area contributed by atoms with Crippen LogP contribution < -0.4 is 0 Å². The van der Waals surface area contributed by atoms with Crippen molar-refractivity contribution < 1.29 is 15.0 Å². The average Bonchev–Trinajstić information content (AvgIpc) is 2.39. The molecule has 1 aliphatic heterocycles. The summed E-state index contributed by atoms with van der Waals surface area (Å²) in [6.45, 7) is 1.69. The number of nitrogens with zero attached hydrogens (tertiary/aromatic N) is 1. The van der Waals surface area contributed by atoms with Crippen molar-refractivity contribution in [3.63, 3.8) is 0 Å². The summed E-state index contributed by atoms with van der Waals surface area (Å²) in [5.74, 6) is 0.589. The van der Waals surface area contributed by atoms with Gasteiger partial charge in [0.1, 0.15) is 5.75 Å². The molecule has 1 atom stereocenters. The molecule has 2 rings (SSSR count). The molecule has 1 unspecified atom stereocenters. The van der Waals surface area contributed by atoms with Gasteiger partial charge in [0.15, 0.2) is 0 Å². The summed E-state index contributed by atoms with van der Waals surface area (Å²) >= 11 is 0. The van der Waals surface area contributed by atoms with Gasteiger partial charge in [0.2, 0.25) is 0 Å². The third-order valence-electron chi connectivity index (χ3n) is 3.46. The van der Waals surface area contributed by atoms with E-state index in [2.05, 4.69) is 0 Å². The molecule has 4 nitrogen and oxygen atoms in total. The van der Waals surface area contributed by atoms with Crippen molar-refractivity contribution in [1.82, 2.24) is 4.90 Å². The number of aliphatic hydroxyl groups is 1. The van der Waals surface area contributed by atoms with Gasteiger partial charge in [0.05, 0.1) is 0 Å². The van der Waals surface area contributed by atoms with Crippen LogP contribution in [0.15, 0.2) is 24.3 Å². The molecule has 0 aliphatic carbocycles. The van der Waals surface area contributed by atoms with Crippen molar-refractivity contribution in [2.75, 3.05) is 19.7 Å². The van der Waals surface area contributed by atoms with Crippen LogP contribution in [0.25, 0.3) is 0 Å². The lowest BCUT2D eigenvalue weighted by atomic mass is 9.94. The number of hydrogen-bond donors (Lipinski definition) is 2. The van der Waals surface area contributed by atoms with E-state index in [1.54, 1.807) is 12.1 Å². The minimum atomic E-state index is 0.0117. The Morgan fingerprint density at radius 2 is 2.06 bits per heavy atom. The maximum absolute atomic E-state index is 12.2. The van der Waals surface area contributed by atoms with Gasteiger partial charge in [0.25, 0.3) is 5.91 Å². The quantitative estimate of drug-likeness (QED) is 0.856. The minimum absolute atomic E-state index is 0.0117. The standard InChI is InChI=1S/C14H19NO3/c16-9-7-11-2-1-8-15(10-11)14(18)12-3-5-13(17)6-4-12/h3-6,11,16-17H,1-2,7-10H2. The first kappa shape index (κ1) is 12.9. The van der Waals surface area contributed by atoms with E-state index in [-0.39, 0.29) is 18.3 Å². The summed E-state index contributed by atoms with van der Waals surface area (Å²) in [5, 5.41) is 18.2. The van der Waals surface area contributed by atoms with Gasteiger partial charge in [0, 0.05) is 25.3 Å². The van der Waals surface area contributed by atoms with Crippen molar-refractivity contribution >= 4 is 5.91 Å². The van der Waals surface area contributed by atoms with Crippen LogP contribution in [0, 0.1) is 5.92 Å². The van der Waals surface area contributed by atoms with E-state index < -0.39 is 0 Å². The maximum Gasteiger partial charge on any atom is 0.253 e. The topological polar surface area (TPSA) is 60.8 Å². The third-order valence-corrected chi connectivity index (χ3v) is 3.46. The van der Waals surface area contributed by atoms with Crippen molar-refractivity contribution in [2.24, 2.45) is 5.92 Å². The molecule has 2 N–H and O–H groups in total. The zero-order valence-corrected chi connectivity index (χ0v) is 10.4. The zero-order chi connectivity index (χ0) is 13.0. The number of likely N-dealkylation sites (tertiary alicyclic amines) is 1. The number of hydrogen-bond acceptors (Lipinski definition) is 3. The van der Waals surface area contributed by atoms with Gasteiger partial charge >= 0.3 is 0 Å². The van der Waals surface area contributed by atoms with Gasteiger partial charge in [-0.3, -0.25) is 4.79 Å². The number of carbonyl (C=O) groups excluding carboxylic acids is 1. The average molecular weight is 249 g/mol. The lowest BCUT2D eigenvalue weighted by molar-refractivity contribution is 0.0653. The van der Waals surface area contributed by atoms with Gasteiger partial charge in [-0.2, -0.15) is 0 Å². The zero-order valence-electron chi connectivity index (χ0n) is 10.4. The lowest BCUT2D eigenvalue weighted by Crippen LogP contribution is -2.40. The fourth-order valence-corrected chi connectivity index (χ4v) is 2.45. The van der Waals surface area contributed by atoms with Crippen LogP contribution in [0.3, 0.4) is 0 Å². The van der Waals surface area contributed by atoms with Crippen LogP contribution in [-0.4, -0.2) is 40.7 Å². The molecule has 1 saturated heterocycles. The highest BCUT2D eigenvalue weighted by molar-refractivity contribution is 5.94. The van der Waals surface area contributed by atoms with E-state index >= 15 is 0 Å². The number of rotatable bonds is 3. The molecule has 0 saturated carbocycles. The molecule has 0 spiro atoms. The summed E-state index contributed by atoms with van der Waals surface area (Å²) < 4.78 is 0. The van der Waals surface area contributed by atoms with Gasteiger partial charge in [-0.15, -0.1) is 0 Å². The summed E-state index contributed by atoms with van der Waals surface area (Å²) in [5.41, 5.74) is 0.609. The van der Waals surface area contributed by atoms with Crippen LogP contribution >= 0.6 is 0 Å². The number of aliphatic hydroxyl groups excluding tert-OH is 1. The second kappa shape index (κ2) is 5.87. The molecule has 1 heterocycles. The first-order valence-corrected chi connectivity index (χ1v) is 6.40. The largest absolute Gasteiger partial charge is 0.508 e. The summed E-state index contributed by atoms with van der Waals surface area (Å²) in [4.78, 5) is 14.1. The second-order valence-electron chi connectivity index (χ2n) is 4.82. The Labute approximate surface area is 107 Å². The SMILES string of the molecule is O=C(c1ccc(O)cc1)N1CCCC(CCO)C1. The number of amides is 1. The first-order chi connectivity index (χ1) is 8.70. The van der Waals surface area contributed by atoms with Gasteiger partial charge in [-0.05, 0) is 49.4 Å². The van der Waals surface area contributed by atoms with E-state index in [1.807, 2.05) is 4.90 Å². The highest BCUT2D eigenvalue weighted by atomic mass is 16.3. The number of phenols is 1. The summed E-state index contributed by atoms with van der Waals surface area (Å²) in [6, 6.07) is 6.35. The molecule has 1 fully saturated rings. The summed E-state index contributed by atoms with van der Waals surface area (Å²) in [7, 11) is 0. The first-order valence-electron chi connectivity index (χ1n) is 6.40. The Hall–Kier alpha value is -1.55. The van der Waals surface area contributed by atoms with Crippen molar-refractivity contribution in [3.05, 3.63) is 29.8 Å². The van der Waals surface area contributed by atoms with E-state index in [9.17, 15) is 9.90 Å². The molecule has 0 radical (unpaired) electrons. The van der Waals surface area contributed by atoms with E-state index in [4.69, 9.17) is 5.11 Å². The van der Waals surface area contributed by atoms with Gasteiger partial charge < -0.3 is 15.1 Å². The van der Waals surface area contributed by atoms with E-state index in [1.165, 1.54) is 12.1 Å². The Morgan fingerprint density at radius 1 is 1.33 bits per heavy atom. The second-order valence-corrected chi connectivity index (χ2v) is 4.82. The molecule has 4 heteroatoms. The van der Waals surface area contributed by atoms with Crippen LogP contribution in [0.1, 0.15) is 29.6 Å². The Morgan fingerprint density at radius 3 is 2.72 bits per heavy atom. The molecular formula is C14H19NO3. The third kappa shape index (κ3) is 3.01. The Bertz CT molecular complexity index is 400. The number of carbonyl (C=O) groups is 1. The maximum atomic E-state index is 12.2. The normalized spacial score (nSPS) is 19.8. The van der Waals surface area contributed by atoms with Gasteiger partial charge in [-0.25, -0.2) is 0 Å². The number of aromatic hydroxyl groups is 1. The van der Waals surface area contributed by atoms with Crippen molar-refractivity contribution in [1.29, 1.82) is 0 Å². The highest BCUT2D eigenvalue weighted by Crippen LogP contribution is 2.21. The molecule has 1 aromatic carbocycles. The molecule has 98 valence electrons. The van der Waals surface area contributed by atoms with E-state index in [0.717, 1.165) is 32.4 Å². The van der Waals surface area contributed by atoms with Crippen LogP contribution in [0.5, 0.6) is 5.75 Å². The highest BCUT2D eigenvalue weighted by Gasteiger charge is 2.23. The lowest BCUT2D eigenvalue weighted by Gasteiger charge is -2.32. The molecule has 0 aromatic heterocycles. The van der Waals surface area contributed by atoms with Gasteiger partial charge in [-0.1, -0.05) is 0 Å². The molecule has 0 bridgehead atoms. The number of benzene rings is 1.